The molecular formula is C28H24F2N6O2. The third kappa shape index (κ3) is 4.38. The number of halogens is 2. The molecule has 2 aromatic carbocycles. The van der Waals surface area contributed by atoms with Crippen molar-refractivity contribution in [1.29, 1.82) is 0 Å². The molecule has 5 aromatic rings. The van der Waals surface area contributed by atoms with Gasteiger partial charge >= 0.3 is 0 Å². The van der Waals surface area contributed by atoms with Crippen LogP contribution in [0.25, 0.3) is 27.7 Å². The third-order valence-corrected chi connectivity index (χ3v) is 6.88. The highest BCUT2D eigenvalue weighted by atomic mass is 19.2. The summed E-state index contributed by atoms with van der Waals surface area (Å²) in [6, 6.07) is 12.7. The topological polar surface area (TPSA) is 93.3 Å². The Kier molecular flexibility index (Phi) is 5.67. The largest absolute Gasteiger partial charge is 0.350 e. The van der Waals surface area contributed by atoms with Crippen LogP contribution in [-0.2, 0) is 11.8 Å². The molecule has 1 aliphatic rings. The minimum Gasteiger partial charge on any atom is -0.350 e. The first-order valence-corrected chi connectivity index (χ1v) is 12.3. The van der Waals surface area contributed by atoms with Gasteiger partial charge in [0.2, 0.25) is 11.9 Å². The number of nitrogens with one attached hydrogen (secondary N) is 2. The molecule has 0 saturated heterocycles. The van der Waals surface area contributed by atoms with Crippen LogP contribution in [0.3, 0.4) is 0 Å². The van der Waals surface area contributed by atoms with Gasteiger partial charge in [-0.2, -0.15) is 4.98 Å². The van der Waals surface area contributed by atoms with Crippen LogP contribution in [0.4, 0.5) is 14.7 Å². The second-order valence-corrected chi connectivity index (χ2v) is 9.67. The number of pyridine rings is 1. The highest BCUT2D eigenvalue weighted by Crippen LogP contribution is 2.31. The van der Waals surface area contributed by atoms with Gasteiger partial charge in [0.25, 0.3) is 5.91 Å². The first-order valence-electron chi connectivity index (χ1n) is 12.3. The molecule has 1 aliphatic carbocycles. The molecule has 2 N–H and O–H groups in total. The zero-order chi connectivity index (χ0) is 26.6. The minimum atomic E-state index is -0.958. The molecule has 1 saturated carbocycles. The van der Waals surface area contributed by atoms with E-state index in [1.54, 1.807) is 23.8 Å². The van der Waals surface area contributed by atoms with Gasteiger partial charge in [0, 0.05) is 36.3 Å². The van der Waals surface area contributed by atoms with Gasteiger partial charge in [0.15, 0.2) is 17.3 Å². The molecule has 10 heteroatoms. The monoisotopic (exact) mass is 514 g/mol. The van der Waals surface area contributed by atoms with Gasteiger partial charge in [-0.15, -0.1) is 5.10 Å². The molecule has 8 nitrogen and oxygen atoms in total. The van der Waals surface area contributed by atoms with E-state index in [0.29, 0.717) is 16.8 Å². The lowest BCUT2D eigenvalue weighted by Gasteiger charge is -2.14. The maximum absolute atomic E-state index is 13.7. The first-order chi connectivity index (χ1) is 18.3. The summed E-state index contributed by atoms with van der Waals surface area (Å²) in [5.41, 5.74) is 4.13. The van der Waals surface area contributed by atoms with E-state index in [1.165, 1.54) is 6.07 Å². The van der Waals surface area contributed by atoms with Crippen molar-refractivity contribution in [2.45, 2.75) is 25.8 Å². The molecule has 0 aliphatic heterocycles. The average Bonchev–Trinajstić information content (AvgIpc) is 3.60. The van der Waals surface area contributed by atoms with Crippen LogP contribution in [-0.4, -0.2) is 31.0 Å². The molecule has 1 atom stereocenters. The Morgan fingerprint density at radius 3 is 2.58 bits per heavy atom. The summed E-state index contributed by atoms with van der Waals surface area (Å²) in [6.07, 6.45) is 5.32. The predicted octanol–water partition coefficient (Wildman–Crippen LogP) is 5.01. The molecule has 38 heavy (non-hydrogen) atoms. The molecular weight excluding hydrogens is 490 g/mol. The van der Waals surface area contributed by atoms with Gasteiger partial charge in [-0.05, 0) is 72.9 Å². The fourth-order valence-electron chi connectivity index (χ4n) is 4.56. The van der Waals surface area contributed by atoms with Crippen molar-refractivity contribution in [3.8, 4) is 11.1 Å². The average molecular weight is 515 g/mol. The lowest BCUT2D eigenvalue weighted by molar-refractivity contribution is -0.117. The molecule has 3 aromatic heterocycles. The Hall–Kier alpha value is -4.60. The maximum Gasteiger partial charge on any atom is 0.253 e. The number of hydrogen-bond donors (Lipinski definition) is 2. The van der Waals surface area contributed by atoms with Crippen LogP contribution in [0.15, 0.2) is 60.9 Å². The molecule has 2 amide bonds. The number of benzene rings is 2. The number of aryl methyl sites for hydroxylation is 1. The number of fused-ring (bicyclic) bond motifs is 2. The third-order valence-electron chi connectivity index (χ3n) is 6.88. The van der Waals surface area contributed by atoms with Crippen LogP contribution in [0.5, 0.6) is 0 Å². The second-order valence-electron chi connectivity index (χ2n) is 9.67. The van der Waals surface area contributed by atoms with Gasteiger partial charge in [0.1, 0.15) is 0 Å². The van der Waals surface area contributed by atoms with Gasteiger partial charge in [-0.1, -0.05) is 12.1 Å². The van der Waals surface area contributed by atoms with Crippen LogP contribution in [0.1, 0.15) is 41.7 Å². The smallest absolute Gasteiger partial charge is 0.253 e. The van der Waals surface area contributed by atoms with Crippen LogP contribution < -0.4 is 10.6 Å². The molecule has 3 heterocycles. The van der Waals surface area contributed by atoms with E-state index in [0.717, 1.165) is 47.0 Å². The number of rotatable bonds is 6. The second kappa shape index (κ2) is 9.05. The lowest BCUT2D eigenvalue weighted by atomic mass is 10.0. The van der Waals surface area contributed by atoms with Crippen LogP contribution >= 0.6 is 0 Å². The first kappa shape index (κ1) is 23.8. The quantitative estimate of drug-likeness (QED) is 0.333. The number of amides is 2. The van der Waals surface area contributed by atoms with Crippen molar-refractivity contribution < 1.29 is 18.4 Å². The highest BCUT2D eigenvalue weighted by Gasteiger charge is 2.30. The van der Waals surface area contributed by atoms with E-state index in [4.69, 9.17) is 0 Å². The molecule has 6 rings (SSSR count). The summed E-state index contributed by atoms with van der Waals surface area (Å²) in [4.78, 5) is 29.7. The summed E-state index contributed by atoms with van der Waals surface area (Å²) in [5, 5.41) is 10.7. The predicted molar refractivity (Wildman–Crippen MR) is 138 cm³/mol. The minimum absolute atomic E-state index is 0.0552. The Labute approximate surface area is 216 Å². The number of anilines is 1. The van der Waals surface area contributed by atoms with E-state index in [1.807, 2.05) is 41.9 Å². The van der Waals surface area contributed by atoms with Crippen molar-refractivity contribution in [2.24, 2.45) is 13.0 Å². The van der Waals surface area contributed by atoms with Crippen LogP contribution in [0.2, 0.25) is 0 Å². The Balaban J connectivity index is 1.29. The van der Waals surface area contributed by atoms with Crippen molar-refractivity contribution in [1.82, 2.24) is 24.5 Å². The van der Waals surface area contributed by atoms with Crippen molar-refractivity contribution in [3.05, 3.63) is 83.7 Å². The highest BCUT2D eigenvalue weighted by molar-refractivity contribution is 6.08. The fourth-order valence-corrected chi connectivity index (χ4v) is 4.56. The van der Waals surface area contributed by atoms with E-state index >= 15 is 0 Å². The Morgan fingerprint density at radius 1 is 1.03 bits per heavy atom. The number of carbonyl (C=O) groups excluding carboxylic acids is 2. The van der Waals surface area contributed by atoms with Gasteiger partial charge in [-0.3, -0.25) is 14.9 Å². The normalized spacial score (nSPS) is 14.1. The van der Waals surface area contributed by atoms with Crippen molar-refractivity contribution in [2.75, 3.05) is 5.32 Å². The summed E-state index contributed by atoms with van der Waals surface area (Å²) >= 11 is 0. The maximum atomic E-state index is 13.7. The summed E-state index contributed by atoms with van der Waals surface area (Å²) in [5.74, 6) is -1.94. The van der Waals surface area contributed by atoms with Crippen molar-refractivity contribution >= 4 is 34.3 Å². The number of carbonyl (C=O) groups is 2. The van der Waals surface area contributed by atoms with Gasteiger partial charge < -0.3 is 9.88 Å². The molecule has 0 spiro atoms. The van der Waals surface area contributed by atoms with E-state index in [2.05, 4.69) is 20.7 Å². The van der Waals surface area contributed by atoms with Crippen LogP contribution in [0, 0.1) is 17.6 Å². The molecule has 1 fully saturated rings. The van der Waals surface area contributed by atoms with E-state index in [9.17, 15) is 18.4 Å². The van der Waals surface area contributed by atoms with E-state index < -0.39 is 17.7 Å². The molecule has 0 unspecified atom stereocenters. The van der Waals surface area contributed by atoms with E-state index in [-0.39, 0.29) is 23.7 Å². The number of aromatic nitrogens is 4. The summed E-state index contributed by atoms with van der Waals surface area (Å²) in [6.45, 7) is 1.72. The van der Waals surface area contributed by atoms with Gasteiger partial charge in [-0.25, -0.2) is 13.3 Å². The van der Waals surface area contributed by atoms with Crippen molar-refractivity contribution in [3.63, 3.8) is 0 Å². The SMILES string of the molecule is C[C@H](NC(=O)c1cn(C)c2ccc(-c3ccn4nc(NC(=O)C5CC5)nc4c3)cc12)c1ccc(F)c(F)c1. The molecule has 192 valence electrons. The summed E-state index contributed by atoms with van der Waals surface area (Å²) < 4.78 is 30.5. The number of hydrogen-bond acceptors (Lipinski definition) is 4. The van der Waals surface area contributed by atoms with Gasteiger partial charge in [0.05, 0.1) is 11.6 Å². The zero-order valence-corrected chi connectivity index (χ0v) is 20.7. The summed E-state index contributed by atoms with van der Waals surface area (Å²) in [7, 11) is 1.86. The fraction of sp³-hybridized carbons (Fsp3) is 0.214. The zero-order valence-electron chi connectivity index (χ0n) is 20.7. The lowest BCUT2D eigenvalue weighted by Crippen LogP contribution is -2.26. The Bertz CT molecular complexity index is 1740. The number of nitrogens with zero attached hydrogens (tertiary/aromatic N) is 4. The molecule has 0 bridgehead atoms. The molecule has 0 radical (unpaired) electrons. The Morgan fingerprint density at radius 2 is 1.82 bits per heavy atom. The standard InChI is InChI=1S/C28H24F2N6O2/c1-15(17-5-7-22(29)23(30)12-17)31-27(38)21-14-35(2)24-8-6-18(11-20(21)24)19-9-10-36-25(13-19)32-28(34-36)33-26(37)16-3-4-16/h5-16H,3-4H2,1-2H3,(H,31,38)(H,33,34,37)/t15-/m0/s1.